The Bertz CT molecular complexity index is 590. The molecule has 0 aliphatic rings. The Morgan fingerprint density at radius 1 is 1.00 bits per heavy atom. The molecule has 2 aromatic rings. The molecule has 0 saturated carbocycles. The van der Waals surface area contributed by atoms with Crippen molar-refractivity contribution >= 4 is 0 Å². The molecule has 0 aliphatic carbocycles. The SMILES string of the molecule is CCC(N)c1cccc(-c2cccc(C(F)(F)F)c2)c1. The van der Waals surface area contributed by atoms with Crippen LogP contribution < -0.4 is 5.73 Å². The monoisotopic (exact) mass is 279 g/mol. The Morgan fingerprint density at radius 3 is 2.20 bits per heavy atom. The van der Waals surface area contributed by atoms with Crippen molar-refractivity contribution in [3.05, 3.63) is 59.7 Å². The lowest BCUT2D eigenvalue weighted by atomic mass is 9.97. The van der Waals surface area contributed by atoms with Crippen LogP contribution in [0.1, 0.15) is 30.5 Å². The number of benzene rings is 2. The van der Waals surface area contributed by atoms with E-state index < -0.39 is 11.7 Å². The first-order valence-corrected chi connectivity index (χ1v) is 6.45. The van der Waals surface area contributed by atoms with Gasteiger partial charge < -0.3 is 5.73 Å². The fourth-order valence-electron chi connectivity index (χ4n) is 2.06. The summed E-state index contributed by atoms with van der Waals surface area (Å²) in [6.45, 7) is 1.97. The number of rotatable bonds is 3. The molecule has 0 aliphatic heterocycles. The van der Waals surface area contributed by atoms with Crippen LogP contribution in [-0.2, 0) is 6.18 Å². The summed E-state index contributed by atoms with van der Waals surface area (Å²) >= 11 is 0. The van der Waals surface area contributed by atoms with Gasteiger partial charge in [-0.1, -0.05) is 37.3 Å². The van der Waals surface area contributed by atoms with Gasteiger partial charge in [0.1, 0.15) is 0 Å². The van der Waals surface area contributed by atoms with Crippen LogP contribution in [0.3, 0.4) is 0 Å². The molecule has 2 aromatic carbocycles. The molecule has 0 spiro atoms. The third-order valence-corrected chi connectivity index (χ3v) is 3.28. The Labute approximate surface area is 116 Å². The highest BCUT2D eigenvalue weighted by atomic mass is 19.4. The van der Waals surface area contributed by atoms with Crippen LogP contribution in [0.2, 0.25) is 0 Å². The Hall–Kier alpha value is -1.81. The Balaban J connectivity index is 2.42. The predicted molar refractivity (Wildman–Crippen MR) is 74.1 cm³/mol. The van der Waals surface area contributed by atoms with Gasteiger partial charge in [0.05, 0.1) is 5.56 Å². The average molecular weight is 279 g/mol. The first-order valence-electron chi connectivity index (χ1n) is 6.45. The molecule has 0 heterocycles. The van der Waals surface area contributed by atoms with E-state index in [-0.39, 0.29) is 6.04 Å². The zero-order valence-corrected chi connectivity index (χ0v) is 11.1. The second kappa shape index (κ2) is 5.67. The molecule has 2 N–H and O–H groups in total. The zero-order chi connectivity index (χ0) is 14.8. The van der Waals surface area contributed by atoms with E-state index in [1.54, 1.807) is 12.1 Å². The van der Waals surface area contributed by atoms with Crippen LogP contribution in [0.4, 0.5) is 13.2 Å². The van der Waals surface area contributed by atoms with Crippen molar-refractivity contribution < 1.29 is 13.2 Å². The van der Waals surface area contributed by atoms with E-state index in [1.165, 1.54) is 6.07 Å². The van der Waals surface area contributed by atoms with Crippen molar-refractivity contribution in [1.29, 1.82) is 0 Å². The lowest BCUT2D eigenvalue weighted by Crippen LogP contribution is -2.08. The van der Waals surface area contributed by atoms with Crippen molar-refractivity contribution in [2.75, 3.05) is 0 Å². The molecule has 0 bridgehead atoms. The quantitative estimate of drug-likeness (QED) is 0.859. The van der Waals surface area contributed by atoms with Gasteiger partial charge >= 0.3 is 6.18 Å². The van der Waals surface area contributed by atoms with E-state index in [2.05, 4.69) is 0 Å². The minimum Gasteiger partial charge on any atom is -0.324 e. The molecule has 106 valence electrons. The number of halogens is 3. The predicted octanol–water partition coefficient (Wildman–Crippen LogP) is 4.78. The standard InChI is InChI=1S/C16H16F3N/c1-2-15(20)13-7-3-5-11(9-13)12-6-4-8-14(10-12)16(17,18)19/h3-10,15H,2,20H2,1H3. The van der Waals surface area contributed by atoms with Crippen molar-refractivity contribution in [3.63, 3.8) is 0 Å². The molecule has 0 amide bonds. The summed E-state index contributed by atoms with van der Waals surface area (Å²) in [5.74, 6) is 0. The van der Waals surface area contributed by atoms with Gasteiger partial charge in [-0.2, -0.15) is 13.2 Å². The van der Waals surface area contributed by atoms with Crippen LogP contribution in [0, 0.1) is 0 Å². The highest BCUT2D eigenvalue weighted by Gasteiger charge is 2.30. The number of hydrogen-bond acceptors (Lipinski definition) is 1. The second-order valence-electron chi connectivity index (χ2n) is 4.72. The minimum absolute atomic E-state index is 0.0965. The lowest BCUT2D eigenvalue weighted by Gasteiger charge is -2.12. The average Bonchev–Trinajstić information content (AvgIpc) is 2.46. The van der Waals surface area contributed by atoms with E-state index in [9.17, 15) is 13.2 Å². The molecule has 4 heteroatoms. The van der Waals surface area contributed by atoms with Crippen molar-refractivity contribution in [3.8, 4) is 11.1 Å². The van der Waals surface area contributed by atoms with Gasteiger partial charge in [0.2, 0.25) is 0 Å². The first-order chi connectivity index (χ1) is 9.41. The molecular weight excluding hydrogens is 263 g/mol. The summed E-state index contributed by atoms with van der Waals surface area (Å²) in [7, 11) is 0. The Kier molecular flexibility index (Phi) is 4.14. The summed E-state index contributed by atoms with van der Waals surface area (Å²) in [6, 6.07) is 12.6. The molecule has 0 fully saturated rings. The number of nitrogens with two attached hydrogens (primary N) is 1. The van der Waals surface area contributed by atoms with Crippen LogP contribution in [0.15, 0.2) is 48.5 Å². The van der Waals surface area contributed by atoms with Gasteiger partial charge in [0.25, 0.3) is 0 Å². The van der Waals surface area contributed by atoms with Gasteiger partial charge in [-0.3, -0.25) is 0 Å². The van der Waals surface area contributed by atoms with E-state index in [1.807, 2.05) is 25.1 Å². The molecule has 0 saturated heterocycles. The lowest BCUT2D eigenvalue weighted by molar-refractivity contribution is -0.137. The van der Waals surface area contributed by atoms with Crippen molar-refractivity contribution in [1.82, 2.24) is 0 Å². The molecule has 1 atom stereocenters. The number of hydrogen-bond donors (Lipinski definition) is 1. The third kappa shape index (κ3) is 3.20. The fourth-order valence-corrected chi connectivity index (χ4v) is 2.06. The largest absolute Gasteiger partial charge is 0.416 e. The van der Waals surface area contributed by atoms with Gasteiger partial charge in [0, 0.05) is 6.04 Å². The van der Waals surface area contributed by atoms with Gasteiger partial charge in [-0.25, -0.2) is 0 Å². The van der Waals surface area contributed by atoms with Crippen molar-refractivity contribution in [2.24, 2.45) is 5.73 Å². The maximum atomic E-state index is 12.7. The molecule has 0 aromatic heterocycles. The number of alkyl halides is 3. The van der Waals surface area contributed by atoms with E-state index in [4.69, 9.17) is 5.73 Å². The van der Waals surface area contributed by atoms with Crippen LogP contribution in [-0.4, -0.2) is 0 Å². The Morgan fingerprint density at radius 2 is 1.60 bits per heavy atom. The first kappa shape index (κ1) is 14.6. The normalized spacial score (nSPS) is 13.2. The molecule has 0 radical (unpaired) electrons. The molecule has 2 rings (SSSR count). The van der Waals surface area contributed by atoms with Gasteiger partial charge in [0.15, 0.2) is 0 Å². The van der Waals surface area contributed by atoms with Crippen LogP contribution >= 0.6 is 0 Å². The third-order valence-electron chi connectivity index (χ3n) is 3.28. The topological polar surface area (TPSA) is 26.0 Å². The van der Waals surface area contributed by atoms with Gasteiger partial charge in [-0.15, -0.1) is 0 Å². The summed E-state index contributed by atoms with van der Waals surface area (Å²) in [5.41, 5.74) is 7.55. The maximum absolute atomic E-state index is 12.7. The highest BCUT2D eigenvalue weighted by Crippen LogP contribution is 2.32. The van der Waals surface area contributed by atoms with Crippen LogP contribution in [0.5, 0.6) is 0 Å². The fraction of sp³-hybridized carbons (Fsp3) is 0.250. The second-order valence-corrected chi connectivity index (χ2v) is 4.72. The smallest absolute Gasteiger partial charge is 0.324 e. The van der Waals surface area contributed by atoms with Crippen molar-refractivity contribution in [2.45, 2.75) is 25.6 Å². The van der Waals surface area contributed by atoms with E-state index in [0.29, 0.717) is 5.56 Å². The molecule has 20 heavy (non-hydrogen) atoms. The molecular formula is C16H16F3N. The van der Waals surface area contributed by atoms with E-state index >= 15 is 0 Å². The van der Waals surface area contributed by atoms with E-state index in [0.717, 1.165) is 29.7 Å². The summed E-state index contributed by atoms with van der Waals surface area (Å²) in [4.78, 5) is 0. The van der Waals surface area contributed by atoms with Gasteiger partial charge in [-0.05, 0) is 41.3 Å². The summed E-state index contributed by atoms with van der Waals surface area (Å²) < 4.78 is 38.2. The molecule has 1 unspecified atom stereocenters. The zero-order valence-electron chi connectivity index (χ0n) is 11.1. The maximum Gasteiger partial charge on any atom is 0.416 e. The summed E-state index contributed by atoms with van der Waals surface area (Å²) in [5, 5.41) is 0. The van der Waals surface area contributed by atoms with Crippen LogP contribution in [0.25, 0.3) is 11.1 Å². The summed E-state index contributed by atoms with van der Waals surface area (Å²) in [6.07, 6.45) is -3.54. The minimum atomic E-state index is -4.33. The molecule has 1 nitrogen and oxygen atoms in total. The highest BCUT2D eigenvalue weighted by molar-refractivity contribution is 5.65.